The molecule has 2 aliphatic heterocycles. The molecule has 0 radical (unpaired) electrons. The summed E-state index contributed by atoms with van der Waals surface area (Å²) in [6, 6.07) is 16.2. The van der Waals surface area contributed by atoms with Crippen molar-refractivity contribution in [2.75, 3.05) is 28.7 Å². The van der Waals surface area contributed by atoms with E-state index in [1.54, 1.807) is 43.3 Å². The molecular weight excluding hydrogens is 510 g/mol. The van der Waals surface area contributed by atoms with Gasteiger partial charge >= 0.3 is 11.7 Å². The van der Waals surface area contributed by atoms with Gasteiger partial charge in [0, 0.05) is 24.3 Å². The predicted octanol–water partition coefficient (Wildman–Crippen LogP) is 1.69. The van der Waals surface area contributed by atoms with Gasteiger partial charge < -0.3 is 15.4 Å². The maximum absolute atomic E-state index is 13.3. The number of nitrogens with zero attached hydrogens (tertiary/aromatic N) is 3. The van der Waals surface area contributed by atoms with Crippen molar-refractivity contribution in [2.24, 2.45) is 0 Å². The predicted molar refractivity (Wildman–Crippen MR) is 142 cm³/mol. The lowest BCUT2D eigenvalue weighted by atomic mass is 10.2. The normalized spacial score (nSPS) is 17.7. The Morgan fingerprint density at radius 3 is 2.55 bits per heavy atom. The molecule has 1 fully saturated rings. The van der Waals surface area contributed by atoms with E-state index in [0.717, 1.165) is 15.4 Å². The molecule has 0 saturated carbocycles. The summed E-state index contributed by atoms with van der Waals surface area (Å²) in [5, 5.41) is 0. The van der Waals surface area contributed by atoms with Crippen LogP contribution in [0.2, 0.25) is 0 Å². The highest BCUT2D eigenvalue weighted by atomic mass is 32.2. The number of ether oxygens (including phenoxy) is 1. The Balaban J connectivity index is 1.37. The maximum Gasteiger partial charge on any atom is 0.344 e. The van der Waals surface area contributed by atoms with Gasteiger partial charge in [-0.25, -0.2) is 9.59 Å². The number of nitrogens with two attached hydrogens (primary N) is 1. The van der Waals surface area contributed by atoms with E-state index in [-0.39, 0.29) is 43.3 Å². The fourth-order valence-electron chi connectivity index (χ4n) is 4.81. The average molecular weight is 536 g/mol. The van der Waals surface area contributed by atoms with E-state index in [0.29, 0.717) is 5.69 Å². The Morgan fingerprint density at radius 2 is 1.82 bits per heavy atom. The van der Waals surface area contributed by atoms with Gasteiger partial charge in [0.25, 0.3) is 11.5 Å². The second kappa shape index (κ2) is 9.86. The van der Waals surface area contributed by atoms with Crippen molar-refractivity contribution in [3.05, 3.63) is 81.0 Å². The number of carbonyl (C=O) groups is 3. The SMILES string of the molecule is CCN(C(=O)COC(=O)[C@]12CCC(=O)N1c1ccccc1S2)c1c(N)n(Cc2ccccc2)c(=O)[nH]c1=O. The number of amides is 2. The summed E-state index contributed by atoms with van der Waals surface area (Å²) in [6.45, 7) is 1.07. The third kappa shape index (κ3) is 4.16. The van der Waals surface area contributed by atoms with Crippen LogP contribution in [0, 0.1) is 0 Å². The highest BCUT2D eigenvalue weighted by molar-refractivity contribution is 8.02. The molecule has 1 aromatic heterocycles. The van der Waals surface area contributed by atoms with E-state index in [1.165, 1.54) is 21.2 Å². The van der Waals surface area contributed by atoms with Crippen LogP contribution in [0.1, 0.15) is 25.3 Å². The number of carbonyl (C=O) groups excluding carboxylic acids is 3. The van der Waals surface area contributed by atoms with Crippen molar-refractivity contribution >= 4 is 46.7 Å². The Kier molecular flexibility index (Phi) is 6.57. The zero-order chi connectivity index (χ0) is 27.0. The van der Waals surface area contributed by atoms with Crippen LogP contribution in [-0.2, 0) is 25.7 Å². The van der Waals surface area contributed by atoms with Gasteiger partial charge in [0.2, 0.25) is 5.91 Å². The van der Waals surface area contributed by atoms with Crippen molar-refractivity contribution in [1.29, 1.82) is 0 Å². The molecule has 3 heterocycles. The Hall–Kier alpha value is -4.32. The number of nitrogens with one attached hydrogen (secondary N) is 1. The molecule has 0 spiro atoms. The van der Waals surface area contributed by atoms with Crippen LogP contribution in [-0.4, -0.2) is 45.4 Å². The number of aromatic nitrogens is 2. The number of hydrogen-bond donors (Lipinski definition) is 2. The van der Waals surface area contributed by atoms with E-state index in [1.807, 2.05) is 18.2 Å². The van der Waals surface area contributed by atoms with Crippen molar-refractivity contribution in [1.82, 2.24) is 9.55 Å². The van der Waals surface area contributed by atoms with E-state index in [2.05, 4.69) is 4.98 Å². The summed E-state index contributed by atoms with van der Waals surface area (Å²) in [7, 11) is 0. The number of likely N-dealkylation sites (N-methyl/N-ethyl adjacent to an activating group) is 1. The average Bonchev–Trinajstić information content (AvgIpc) is 3.43. The van der Waals surface area contributed by atoms with Crippen molar-refractivity contribution in [2.45, 2.75) is 36.1 Å². The number of H-pyrrole nitrogens is 1. The molecule has 11 nitrogen and oxygen atoms in total. The molecule has 196 valence electrons. The molecule has 2 aliphatic rings. The highest BCUT2D eigenvalue weighted by Gasteiger charge is 2.58. The molecule has 2 aromatic carbocycles. The summed E-state index contributed by atoms with van der Waals surface area (Å²) in [4.78, 5) is 68.6. The zero-order valence-corrected chi connectivity index (χ0v) is 21.3. The second-order valence-corrected chi connectivity index (χ2v) is 10.2. The van der Waals surface area contributed by atoms with Crippen LogP contribution in [0.25, 0.3) is 0 Å². The highest BCUT2D eigenvalue weighted by Crippen LogP contribution is 2.56. The van der Waals surface area contributed by atoms with Gasteiger partial charge in [-0.05, 0) is 24.6 Å². The van der Waals surface area contributed by atoms with Crippen LogP contribution in [0.4, 0.5) is 17.2 Å². The first-order chi connectivity index (χ1) is 18.3. The number of benzene rings is 2. The van der Waals surface area contributed by atoms with Gasteiger partial charge in [-0.2, -0.15) is 0 Å². The lowest BCUT2D eigenvalue weighted by Gasteiger charge is -2.29. The van der Waals surface area contributed by atoms with Crippen LogP contribution in [0.3, 0.4) is 0 Å². The molecule has 1 atom stereocenters. The van der Waals surface area contributed by atoms with E-state index in [4.69, 9.17) is 10.5 Å². The van der Waals surface area contributed by atoms with Crippen molar-refractivity contribution in [3.8, 4) is 0 Å². The van der Waals surface area contributed by atoms with Crippen LogP contribution in [0.5, 0.6) is 0 Å². The first-order valence-corrected chi connectivity index (χ1v) is 12.8. The van der Waals surface area contributed by atoms with Gasteiger partial charge in [-0.3, -0.25) is 28.8 Å². The van der Waals surface area contributed by atoms with Gasteiger partial charge in [0.15, 0.2) is 17.2 Å². The fourth-order valence-corrected chi connectivity index (χ4v) is 6.22. The summed E-state index contributed by atoms with van der Waals surface area (Å²) < 4.78 is 6.61. The molecular formula is C26H25N5O6S. The third-order valence-corrected chi connectivity index (χ3v) is 8.06. The number of fused-ring (bicyclic) bond motifs is 3. The van der Waals surface area contributed by atoms with Crippen LogP contribution in [0.15, 0.2) is 69.1 Å². The van der Waals surface area contributed by atoms with Crippen LogP contribution < -0.4 is 26.8 Å². The molecule has 38 heavy (non-hydrogen) atoms. The van der Waals surface area contributed by atoms with E-state index in [9.17, 15) is 24.0 Å². The number of rotatable bonds is 7. The zero-order valence-electron chi connectivity index (χ0n) is 20.5. The quantitative estimate of drug-likeness (QED) is 0.435. The minimum absolute atomic E-state index is 0.0309. The second-order valence-electron chi connectivity index (χ2n) is 8.86. The lowest BCUT2D eigenvalue weighted by molar-refractivity contribution is -0.150. The smallest absolute Gasteiger partial charge is 0.344 e. The van der Waals surface area contributed by atoms with E-state index < -0.39 is 34.6 Å². The van der Waals surface area contributed by atoms with Gasteiger partial charge in [-0.1, -0.05) is 54.2 Å². The largest absolute Gasteiger partial charge is 0.453 e. The molecule has 3 aromatic rings. The number of esters is 1. The number of thioether (sulfide) groups is 1. The van der Waals surface area contributed by atoms with Gasteiger partial charge in [0.1, 0.15) is 5.82 Å². The minimum atomic E-state index is -1.28. The topological polar surface area (TPSA) is 148 Å². The molecule has 2 amide bonds. The third-order valence-electron chi connectivity index (χ3n) is 6.60. The van der Waals surface area contributed by atoms with Gasteiger partial charge in [0.05, 0.1) is 12.2 Å². The molecule has 12 heteroatoms. The summed E-state index contributed by atoms with van der Waals surface area (Å²) in [5.74, 6) is -1.79. The summed E-state index contributed by atoms with van der Waals surface area (Å²) >= 11 is 1.23. The number of hydrogen-bond acceptors (Lipinski definition) is 8. The van der Waals surface area contributed by atoms with Crippen molar-refractivity contribution < 1.29 is 19.1 Å². The Bertz CT molecular complexity index is 1550. The molecule has 0 aliphatic carbocycles. The molecule has 0 bridgehead atoms. The number of nitrogen functional groups attached to an aromatic ring is 1. The number of para-hydroxylation sites is 1. The van der Waals surface area contributed by atoms with Crippen molar-refractivity contribution in [3.63, 3.8) is 0 Å². The maximum atomic E-state index is 13.3. The Morgan fingerprint density at radius 1 is 1.11 bits per heavy atom. The molecule has 5 rings (SSSR count). The summed E-state index contributed by atoms with van der Waals surface area (Å²) in [5.41, 5.74) is 5.89. The standard InChI is InChI=1S/C26H25N5O6S/c1-2-29(21-22(27)30(25(36)28-23(21)34)14-16-8-4-3-5-9-16)20(33)15-37-24(35)26-13-12-19(32)31(26)17-10-6-7-11-18(17)38-26/h3-11H,2,12-15,27H2,1H3,(H,28,34,36)/t26-/m1/s1. The molecule has 1 saturated heterocycles. The Labute approximate surface area is 221 Å². The van der Waals surface area contributed by atoms with Crippen LogP contribution >= 0.6 is 11.8 Å². The molecule has 3 N–H and O–H groups in total. The number of aromatic amines is 1. The first kappa shape index (κ1) is 25.3. The fraction of sp³-hybridized carbons (Fsp3) is 0.269. The molecule has 0 unspecified atom stereocenters. The number of anilines is 3. The lowest BCUT2D eigenvalue weighted by Crippen LogP contribution is -2.49. The summed E-state index contributed by atoms with van der Waals surface area (Å²) in [6.07, 6.45) is 0.424. The first-order valence-electron chi connectivity index (χ1n) is 12.0. The minimum Gasteiger partial charge on any atom is -0.453 e. The van der Waals surface area contributed by atoms with E-state index >= 15 is 0 Å². The van der Waals surface area contributed by atoms with Gasteiger partial charge in [-0.15, -0.1) is 0 Å². The monoisotopic (exact) mass is 535 g/mol.